The Morgan fingerprint density at radius 2 is 2.31 bits per heavy atom. The van der Waals surface area contributed by atoms with E-state index in [1.54, 1.807) is 0 Å². The summed E-state index contributed by atoms with van der Waals surface area (Å²) in [5.41, 5.74) is -1.48. The second-order valence-electron chi connectivity index (χ2n) is 3.18. The number of hydrogen-bond donors (Lipinski definition) is 3. The lowest BCUT2D eigenvalue weighted by atomic mass is 9.95. The molecule has 76 valence electrons. The van der Waals surface area contributed by atoms with Crippen LogP contribution in [0.25, 0.3) is 0 Å². The third kappa shape index (κ3) is 2.82. The summed E-state index contributed by atoms with van der Waals surface area (Å²) in [6, 6.07) is -0.758. The van der Waals surface area contributed by atoms with E-state index in [9.17, 15) is 9.18 Å². The maximum absolute atomic E-state index is 13.3. The standard InChI is InChI=1S/C7H12FNO4/c8-7(3-13-4-7)1-5(2-10)9-6(11)12/h5,9-10H,1-4H2,(H,11,12). The fraction of sp³-hybridized carbons (Fsp3) is 0.857. The summed E-state index contributed by atoms with van der Waals surface area (Å²) >= 11 is 0. The van der Waals surface area contributed by atoms with E-state index in [1.807, 2.05) is 5.32 Å². The highest BCUT2D eigenvalue weighted by molar-refractivity contribution is 5.64. The Labute approximate surface area is 74.5 Å². The molecule has 1 unspecified atom stereocenters. The number of halogens is 1. The van der Waals surface area contributed by atoms with Crippen molar-refractivity contribution in [3.63, 3.8) is 0 Å². The lowest BCUT2D eigenvalue weighted by molar-refractivity contribution is -0.138. The summed E-state index contributed by atoms with van der Waals surface area (Å²) in [5, 5.41) is 19.1. The first-order chi connectivity index (χ1) is 6.06. The van der Waals surface area contributed by atoms with Gasteiger partial charge in [0.1, 0.15) is 0 Å². The van der Waals surface area contributed by atoms with Gasteiger partial charge >= 0.3 is 6.09 Å². The first-order valence-electron chi connectivity index (χ1n) is 3.93. The summed E-state index contributed by atoms with van der Waals surface area (Å²) in [6.45, 7) is -0.451. The average molecular weight is 193 g/mol. The van der Waals surface area contributed by atoms with E-state index < -0.39 is 24.4 Å². The predicted octanol–water partition coefficient (Wildman–Crippen LogP) is -0.257. The van der Waals surface area contributed by atoms with E-state index in [-0.39, 0.29) is 19.6 Å². The first kappa shape index (κ1) is 10.2. The van der Waals surface area contributed by atoms with Crippen LogP contribution in [-0.4, -0.2) is 47.8 Å². The van der Waals surface area contributed by atoms with Gasteiger partial charge in [0.25, 0.3) is 0 Å². The number of alkyl halides is 1. The molecule has 1 fully saturated rings. The van der Waals surface area contributed by atoms with E-state index in [1.165, 1.54) is 0 Å². The van der Waals surface area contributed by atoms with E-state index in [2.05, 4.69) is 4.74 Å². The number of rotatable bonds is 4. The number of carboxylic acid groups (broad SMARTS) is 1. The number of carbonyl (C=O) groups is 1. The van der Waals surface area contributed by atoms with E-state index in [4.69, 9.17) is 10.2 Å². The Kier molecular flexibility index (Phi) is 3.05. The molecule has 6 heteroatoms. The Morgan fingerprint density at radius 3 is 2.62 bits per heavy atom. The molecule has 1 rings (SSSR count). The summed E-state index contributed by atoms with van der Waals surface area (Å²) in [6.07, 6.45) is -1.31. The minimum atomic E-state index is -1.48. The first-order valence-corrected chi connectivity index (χ1v) is 3.93. The highest BCUT2D eigenvalue weighted by Crippen LogP contribution is 2.27. The van der Waals surface area contributed by atoms with Crippen LogP contribution in [0.4, 0.5) is 9.18 Å². The van der Waals surface area contributed by atoms with Crippen molar-refractivity contribution in [1.29, 1.82) is 0 Å². The van der Waals surface area contributed by atoms with Gasteiger partial charge < -0.3 is 20.3 Å². The van der Waals surface area contributed by atoms with Crippen molar-refractivity contribution in [3.05, 3.63) is 0 Å². The monoisotopic (exact) mass is 193 g/mol. The fourth-order valence-electron chi connectivity index (χ4n) is 1.22. The van der Waals surface area contributed by atoms with Crippen molar-refractivity contribution in [2.45, 2.75) is 18.1 Å². The summed E-state index contributed by atoms with van der Waals surface area (Å²) < 4.78 is 18.0. The number of ether oxygens (including phenoxy) is 1. The van der Waals surface area contributed by atoms with Crippen LogP contribution in [0, 0.1) is 0 Å². The van der Waals surface area contributed by atoms with Crippen LogP contribution in [0.3, 0.4) is 0 Å². The van der Waals surface area contributed by atoms with Crippen LogP contribution in [0.2, 0.25) is 0 Å². The smallest absolute Gasteiger partial charge is 0.404 e. The Balaban J connectivity index is 2.34. The zero-order valence-electron chi connectivity index (χ0n) is 6.99. The van der Waals surface area contributed by atoms with Gasteiger partial charge in [-0.05, 0) is 0 Å². The molecule has 0 aromatic carbocycles. The van der Waals surface area contributed by atoms with Gasteiger partial charge in [-0.2, -0.15) is 0 Å². The zero-order chi connectivity index (χ0) is 9.90. The van der Waals surface area contributed by atoms with Crippen LogP contribution < -0.4 is 5.32 Å². The zero-order valence-corrected chi connectivity index (χ0v) is 6.99. The number of aliphatic hydroxyl groups excluding tert-OH is 1. The van der Waals surface area contributed by atoms with Gasteiger partial charge in [0.05, 0.1) is 25.9 Å². The van der Waals surface area contributed by atoms with Crippen molar-refractivity contribution in [1.82, 2.24) is 5.32 Å². The molecule has 3 N–H and O–H groups in total. The summed E-state index contributed by atoms with van der Waals surface area (Å²) in [7, 11) is 0. The van der Waals surface area contributed by atoms with Gasteiger partial charge in [-0.25, -0.2) is 9.18 Å². The number of nitrogens with one attached hydrogen (secondary N) is 1. The predicted molar refractivity (Wildman–Crippen MR) is 41.3 cm³/mol. The molecule has 0 saturated carbocycles. The minimum absolute atomic E-state index is 0.0230. The molecular weight excluding hydrogens is 181 g/mol. The summed E-state index contributed by atoms with van der Waals surface area (Å²) in [4.78, 5) is 10.2. The third-order valence-electron chi connectivity index (χ3n) is 1.88. The van der Waals surface area contributed by atoms with Gasteiger partial charge in [-0.15, -0.1) is 0 Å². The molecule has 5 nitrogen and oxygen atoms in total. The largest absolute Gasteiger partial charge is 0.465 e. The van der Waals surface area contributed by atoms with Crippen molar-refractivity contribution in [2.75, 3.05) is 19.8 Å². The molecule has 0 aromatic heterocycles. The maximum Gasteiger partial charge on any atom is 0.404 e. The lowest BCUT2D eigenvalue weighted by Crippen LogP contribution is -2.51. The van der Waals surface area contributed by atoms with Crippen molar-refractivity contribution in [2.24, 2.45) is 0 Å². The van der Waals surface area contributed by atoms with Gasteiger partial charge in [-0.1, -0.05) is 0 Å². The number of hydrogen-bond acceptors (Lipinski definition) is 3. The fourth-order valence-corrected chi connectivity index (χ4v) is 1.22. The van der Waals surface area contributed by atoms with Crippen LogP contribution in [0.5, 0.6) is 0 Å². The molecule has 0 aliphatic carbocycles. The molecule has 1 saturated heterocycles. The normalized spacial score (nSPS) is 21.7. The van der Waals surface area contributed by atoms with Crippen LogP contribution in [0.1, 0.15) is 6.42 Å². The highest BCUT2D eigenvalue weighted by atomic mass is 19.1. The minimum Gasteiger partial charge on any atom is -0.465 e. The Hall–Kier alpha value is -0.880. The quantitative estimate of drug-likeness (QED) is 0.575. The molecule has 1 amide bonds. The maximum atomic E-state index is 13.3. The topological polar surface area (TPSA) is 78.8 Å². The van der Waals surface area contributed by atoms with E-state index in [0.717, 1.165) is 0 Å². The Bertz CT molecular complexity index is 195. The summed E-state index contributed by atoms with van der Waals surface area (Å²) in [5.74, 6) is 0. The van der Waals surface area contributed by atoms with Gasteiger partial charge in [-0.3, -0.25) is 0 Å². The molecule has 1 aliphatic rings. The molecular formula is C7H12FNO4. The molecule has 0 aromatic rings. The second-order valence-corrected chi connectivity index (χ2v) is 3.18. The second kappa shape index (κ2) is 3.89. The van der Waals surface area contributed by atoms with Crippen LogP contribution in [0.15, 0.2) is 0 Å². The highest BCUT2D eigenvalue weighted by Gasteiger charge is 2.40. The molecule has 1 heterocycles. The number of amides is 1. The molecule has 0 bridgehead atoms. The van der Waals surface area contributed by atoms with Gasteiger partial charge in [0.15, 0.2) is 5.67 Å². The molecule has 1 aliphatic heterocycles. The SMILES string of the molecule is O=C(O)NC(CO)CC1(F)COC1. The molecule has 0 radical (unpaired) electrons. The van der Waals surface area contributed by atoms with E-state index in [0.29, 0.717) is 0 Å². The third-order valence-corrected chi connectivity index (χ3v) is 1.88. The van der Waals surface area contributed by atoms with Crippen LogP contribution in [-0.2, 0) is 4.74 Å². The molecule has 0 spiro atoms. The van der Waals surface area contributed by atoms with Crippen molar-refractivity contribution in [3.8, 4) is 0 Å². The van der Waals surface area contributed by atoms with Crippen molar-refractivity contribution >= 4 is 6.09 Å². The van der Waals surface area contributed by atoms with Crippen molar-refractivity contribution < 1.29 is 24.1 Å². The van der Waals surface area contributed by atoms with E-state index >= 15 is 0 Å². The lowest BCUT2D eigenvalue weighted by Gasteiger charge is -2.35. The molecule has 13 heavy (non-hydrogen) atoms. The molecule has 1 atom stereocenters. The van der Waals surface area contributed by atoms with Crippen LogP contribution >= 0.6 is 0 Å². The average Bonchev–Trinajstić information content (AvgIpc) is 1.99. The van der Waals surface area contributed by atoms with Gasteiger partial charge in [0, 0.05) is 6.42 Å². The Morgan fingerprint density at radius 1 is 1.69 bits per heavy atom. The number of aliphatic hydroxyl groups is 1. The van der Waals surface area contributed by atoms with Gasteiger partial charge in [0.2, 0.25) is 0 Å².